The molecule has 1 saturated carbocycles. The van der Waals surface area contributed by atoms with Gasteiger partial charge in [0.1, 0.15) is 11.4 Å². The van der Waals surface area contributed by atoms with Crippen molar-refractivity contribution in [1.29, 1.82) is 0 Å². The summed E-state index contributed by atoms with van der Waals surface area (Å²) in [6.45, 7) is 2.82. The van der Waals surface area contributed by atoms with Crippen LogP contribution in [0.5, 0.6) is 5.75 Å². The van der Waals surface area contributed by atoms with Crippen molar-refractivity contribution in [3.63, 3.8) is 0 Å². The smallest absolute Gasteiger partial charge is 0.308 e. The lowest BCUT2D eigenvalue weighted by Gasteiger charge is -2.26. The van der Waals surface area contributed by atoms with Crippen molar-refractivity contribution in [2.24, 2.45) is 11.8 Å². The van der Waals surface area contributed by atoms with E-state index in [1.165, 1.54) is 7.11 Å². The average molecular weight is 479 g/mol. The number of nitrogens with zero attached hydrogens (tertiary/aromatic N) is 5. The molecule has 1 aliphatic rings. The summed E-state index contributed by atoms with van der Waals surface area (Å²) in [6.07, 6.45) is 3.47. The van der Waals surface area contributed by atoms with Gasteiger partial charge >= 0.3 is 5.97 Å². The Bertz CT molecular complexity index is 1190. The van der Waals surface area contributed by atoms with E-state index >= 15 is 0 Å². The Morgan fingerprint density at radius 1 is 1.11 bits per heavy atom. The maximum Gasteiger partial charge on any atom is 0.308 e. The van der Waals surface area contributed by atoms with E-state index in [4.69, 9.17) is 9.47 Å². The number of tetrazole rings is 1. The summed E-state index contributed by atoms with van der Waals surface area (Å²) in [5.74, 6) is 1.14. The number of nitrogens with one attached hydrogen (secondary N) is 1. The Morgan fingerprint density at radius 2 is 1.91 bits per heavy atom. The van der Waals surface area contributed by atoms with Crippen molar-refractivity contribution >= 4 is 11.9 Å². The van der Waals surface area contributed by atoms with Crippen molar-refractivity contribution in [2.45, 2.75) is 45.7 Å². The van der Waals surface area contributed by atoms with Gasteiger partial charge in [-0.3, -0.25) is 9.59 Å². The summed E-state index contributed by atoms with van der Waals surface area (Å²) in [7, 11) is 3.04. The molecule has 1 fully saturated rings. The zero-order chi connectivity index (χ0) is 24.8. The molecule has 0 saturated heterocycles. The number of hydrogen-bond acceptors (Lipinski definition) is 8. The van der Waals surface area contributed by atoms with Gasteiger partial charge in [0, 0.05) is 17.8 Å². The van der Waals surface area contributed by atoms with E-state index in [-0.39, 0.29) is 17.8 Å². The van der Waals surface area contributed by atoms with E-state index < -0.39 is 0 Å². The lowest BCUT2D eigenvalue weighted by atomic mass is 9.82. The van der Waals surface area contributed by atoms with Gasteiger partial charge in [-0.25, -0.2) is 4.98 Å². The molecule has 1 aliphatic carbocycles. The summed E-state index contributed by atoms with van der Waals surface area (Å²) in [5.41, 5.74) is 2.59. The predicted octanol–water partition coefficient (Wildman–Crippen LogP) is 2.96. The highest BCUT2D eigenvalue weighted by Crippen LogP contribution is 2.30. The van der Waals surface area contributed by atoms with Crippen LogP contribution < -0.4 is 10.1 Å². The van der Waals surface area contributed by atoms with Gasteiger partial charge in [0.2, 0.25) is 5.82 Å². The van der Waals surface area contributed by atoms with Gasteiger partial charge in [0.15, 0.2) is 0 Å². The van der Waals surface area contributed by atoms with Crippen LogP contribution in [0.3, 0.4) is 0 Å². The van der Waals surface area contributed by atoms with Crippen LogP contribution in [-0.4, -0.2) is 51.3 Å². The van der Waals surface area contributed by atoms with Gasteiger partial charge in [-0.2, -0.15) is 4.80 Å². The molecule has 1 aromatic carbocycles. The average Bonchev–Trinajstić information content (AvgIpc) is 3.35. The first-order valence-electron chi connectivity index (χ1n) is 11.7. The van der Waals surface area contributed by atoms with Crippen LogP contribution in [-0.2, 0) is 22.6 Å². The molecule has 2 heterocycles. The Balaban J connectivity index is 1.39. The molecule has 0 aliphatic heterocycles. The predicted molar refractivity (Wildman–Crippen MR) is 127 cm³/mol. The number of carbonyl (C=O) groups is 2. The third-order valence-electron chi connectivity index (χ3n) is 6.29. The van der Waals surface area contributed by atoms with Crippen molar-refractivity contribution in [2.75, 3.05) is 14.2 Å². The number of aryl methyl sites for hydroxylation is 1. The molecule has 10 nitrogen and oxygen atoms in total. The highest BCUT2D eigenvalue weighted by molar-refractivity contribution is 5.93. The topological polar surface area (TPSA) is 121 Å². The van der Waals surface area contributed by atoms with Gasteiger partial charge < -0.3 is 14.8 Å². The molecule has 0 radical (unpaired) electrons. The summed E-state index contributed by atoms with van der Waals surface area (Å²) in [6, 6.07) is 11.0. The summed E-state index contributed by atoms with van der Waals surface area (Å²) < 4.78 is 10.1. The maximum atomic E-state index is 12.8. The second-order valence-corrected chi connectivity index (χ2v) is 8.83. The molecule has 0 bridgehead atoms. The number of esters is 1. The number of pyridine rings is 1. The Hall–Kier alpha value is -3.82. The fraction of sp³-hybridized carbons (Fsp3) is 0.440. The first-order chi connectivity index (χ1) is 16.9. The number of aromatic nitrogens is 5. The summed E-state index contributed by atoms with van der Waals surface area (Å²) in [4.78, 5) is 30.5. The van der Waals surface area contributed by atoms with Gasteiger partial charge in [-0.15, -0.1) is 10.2 Å². The third-order valence-corrected chi connectivity index (χ3v) is 6.29. The van der Waals surface area contributed by atoms with Crippen LogP contribution >= 0.6 is 0 Å². The Morgan fingerprint density at radius 3 is 2.66 bits per heavy atom. The number of carbonyl (C=O) groups excluding carboxylic acids is 2. The SMILES string of the molecule is COC(=O)C1CCC(Cn2nnc(-c3cc(C)nc(C(=O)NCc4cccc(OC)c4)c3)n2)CC1. The summed E-state index contributed by atoms with van der Waals surface area (Å²) in [5, 5.41) is 15.8. The van der Waals surface area contributed by atoms with E-state index in [1.807, 2.05) is 37.3 Å². The first-order valence-corrected chi connectivity index (χ1v) is 11.7. The van der Waals surface area contributed by atoms with Gasteiger partial charge in [-0.05, 0) is 73.6 Å². The van der Waals surface area contributed by atoms with Crippen molar-refractivity contribution in [3.8, 4) is 17.1 Å². The van der Waals surface area contributed by atoms with Gasteiger partial charge in [-0.1, -0.05) is 12.1 Å². The minimum atomic E-state index is -0.285. The van der Waals surface area contributed by atoms with Crippen molar-refractivity contribution < 1.29 is 19.1 Å². The van der Waals surface area contributed by atoms with Crippen LogP contribution in [0.15, 0.2) is 36.4 Å². The molecule has 10 heteroatoms. The molecule has 3 aromatic rings. The Kier molecular flexibility index (Phi) is 7.69. The number of rotatable bonds is 8. The lowest BCUT2D eigenvalue weighted by molar-refractivity contribution is -0.146. The molecule has 2 aromatic heterocycles. The van der Waals surface area contributed by atoms with Gasteiger partial charge in [0.05, 0.1) is 26.7 Å². The monoisotopic (exact) mass is 478 g/mol. The molecular formula is C25H30N6O4. The molecule has 1 amide bonds. The van der Waals surface area contributed by atoms with E-state index in [0.717, 1.165) is 37.0 Å². The van der Waals surface area contributed by atoms with Crippen LogP contribution in [0.25, 0.3) is 11.4 Å². The largest absolute Gasteiger partial charge is 0.497 e. The number of amides is 1. The number of hydrogen-bond donors (Lipinski definition) is 1. The molecule has 184 valence electrons. The fourth-order valence-electron chi connectivity index (χ4n) is 4.38. The first kappa shape index (κ1) is 24.3. The highest BCUT2D eigenvalue weighted by Gasteiger charge is 2.27. The van der Waals surface area contributed by atoms with E-state index in [9.17, 15) is 9.59 Å². The second kappa shape index (κ2) is 11.1. The number of ether oxygens (including phenoxy) is 2. The maximum absolute atomic E-state index is 12.8. The van der Waals surface area contributed by atoms with Gasteiger partial charge in [0.25, 0.3) is 5.91 Å². The standard InChI is InChI=1S/C25H30N6O4/c1-16-11-20(13-22(27-16)24(32)26-14-18-5-4-6-21(12-18)34-2)23-28-30-31(29-23)15-17-7-9-19(10-8-17)25(33)35-3/h4-6,11-13,17,19H,7-10,14-15H2,1-3H3,(H,26,32). The molecule has 1 N–H and O–H groups in total. The molecule has 4 rings (SSSR count). The zero-order valence-corrected chi connectivity index (χ0v) is 20.2. The number of benzene rings is 1. The van der Waals surface area contributed by atoms with Crippen LogP contribution in [0.2, 0.25) is 0 Å². The Labute approximate surface area is 204 Å². The lowest BCUT2D eigenvalue weighted by Crippen LogP contribution is -2.25. The highest BCUT2D eigenvalue weighted by atomic mass is 16.5. The third kappa shape index (κ3) is 6.20. The molecular weight excluding hydrogens is 448 g/mol. The quantitative estimate of drug-likeness (QED) is 0.491. The van der Waals surface area contributed by atoms with E-state index in [2.05, 4.69) is 25.7 Å². The van der Waals surface area contributed by atoms with E-state index in [1.54, 1.807) is 18.0 Å². The minimum absolute atomic E-state index is 0.0104. The molecule has 0 spiro atoms. The summed E-state index contributed by atoms with van der Waals surface area (Å²) >= 11 is 0. The van der Waals surface area contributed by atoms with Crippen molar-refractivity contribution in [3.05, 3.63) is 53.3 Å². The van der Waals surface area contributed by atoms with Crippen LogP contribution in [0, 0.1) is 18.8 Å². The van der Waals surface area contributed by atoms with Crippen LogP contribution in [0.4, 0.5) is 0 Å². The van der Waals surface area contributed by atoms with E-state index in [0.29, 0.717) is 41.8 Å². The normalized spacial score (nSPS) is 17.6. The zero-order valence-electron chi connectivity index (χ0n) is 20.2. The molecule has 35 heavy (non-hydrogen) atoms. The number of methoxy groups -OCH3 is 2. The second-order valence-electron chi connectivity index (χ2n) is 8.83. The minimum Gasteiger partial charge on any atom is -0.497 e. The fourth-order valence-corrected chi connectivity index (χ4v) is 4.38. The molecule has 0 atom stereocenters. The van der Waals surface area contributed by atoms with Crippen LogP contribution in [0.1, 0.15) is 47.4 Å². The molecule has 0 unspecified atom stereocenters. The van der Waals surface area contributed by atoms with Crippen molar-refractivity contribution in [1.82, 2.24) is 30.5 Å².